The fourth-order valence-electron chi connectivity index (χ4n) is 4.30. The minimum Gasteiger partial charge on any atom is -0.366 e. The van der Waals surface area contributed by atoms with Crippen LogP contribution in [0.4, 0.5) is 15.8 Å². The zero-order valence-electron chi connectivity index (χ0n) is 18.0. The van der Waals surface area contributed by atoms with Crippen LogP contribution in [0.25, 0.3) is 6.08 Å². The molecule has 0 fully saturated rings. The topological polar surface area (TPSA) is 56.1 Å². The van der Waals surface area contributed by atoms with Crippen molar-refractivity contribution in [3.8, 4) is 6.07 Å². The molecule has 4 nitrogen and oxygen atoms in total. The Hall–Kier alpha value is -3.13. The highest BCUT2D eigenvalue weighted by Crippen LogP contribution is 2.44. The first kappa shape index (κ1) is 21.6. The van der Waals surface area contributed by atoms with E-state index < -0.39 is 11.7 Å². The minimum absolute atomic E-state index is 0.0559. The predicted molar refractivity (Wildman–Crippen MR) is 120 cm³/mol. The first-order valence-corrected chi connectivity index (χ1v) is 10.4. The van der Waals surface area contributed by atoms with Gasteiger partial charge in [-0.1, -0.05) is 32.0 Å². The smallest absolute Gasteiger partial charge is 0.266 e. The molecule has 0 bridgehead atoms. The molecule has 0 aliphatic carbocycles. The summed E-state index contributed by atoms with van der Waals surface area (Å²) in [5.41, 5.74) is 2.61. The van der Waals surface area contributed by atoms with Gasteiger partial charge in [-0.25, -0.2) is 4.39 Å². The van der Waals surface area contributed by atoms with Gasteiger partial charge >= 0.3 is 0 Å². The number of rotatable bonds is 5. The number of hydrogen-bond donors (Lipinski definition) is 1. The van der Waals surface area contributed by atoms with Crippen LogP contribution in [0.3, 0.4) is 0 Å². The summed E-state index contributed by atoms with van der Waals surface area (Å²) in [5.74, 6) is -0.734. The Morgan fingerprint density at radius 3 is 2.67 bits per heavy atom. The van der Waals surface area contributed by atoms with Crippen molar-refractivity contribution in [1.82, 2.24) is 0 Å². The Morgan fingerprint density at radius 1 is 1.33 bits per heavy atom. The largest absolute Gasteiger partial charge is 0.366 e. The number of nitriles is 1. The van der Waals surface area contributed by atoms with E-state index in [0.29, 0.717) is 5.69 Å². The summed E-state index contributed by atoms with van der Waals surface area (Å²) in [6.45, 7) is 9.49. The molecular formula is C25H28FN3O. The number of fused-ring (bicyclic) bond motifs is 1. The molecule has 0 aromatic heterocycles. The molecule has 0 spiro atoms. The molecule has 0 saturated heterocycles. The number of para-hydroxylation sites is 1. The van der Waals surface area contributed by atoms with Crippen molar-refractivity contribution in [2.75, 3.05) is 16.8 Å². The van der Waals surface area contributed by atoms with Crippen LogP contribution in [0.15, 0.2) is 48.0 Å². The van der Waals surface area contributed by atoms with Crippen molar-refractivity contribution in [2.24, 2.45) is 0 Å². The van der Waals surface area contributed by atoms with Crippen molar-refractivity contribution in [2.45, 2.75) is 52.0 Å². The average Bonchev–Trinajstić information content (AvgIpc) is 2.70. The van der Waals surface area contributed by atoms with Crippen LogP contribution >= 0.6 is 0 Å². The van der Waals surface area contributed by atoms with E-state index in [1.165, 1.54) is 6.08 Å². The highest BCUT2D eigenvalue weighted by atomic mass is 19.1. The summed E-state index contributed by atoms with van der Waals surface area (Å²) < 4.78 is 15.0. The second-order valence-corrected chi connectivity index (χ2v) is 8.49. The van der Waals surface area contributed by atoms with Gasteiger partial charge in [0, 0.05) is 29.0 Å². The first-order chi connectivity index (χ1) is 14.3. The second kappa shape index (κ2) is 8.71. The van der Waals surface area contributed by atoms with E-state index in [1.54, 1.807) is 36.4 Å². The van der Waals surface area contributed by atoms with E-state index in [-0.39, 0.29) is 22.6 Å². The van der Waals surface area contributed by atoms with Crippen LogP contribution in [0, 0.1) is 17.1 Å². The van der Waals surface area contributed by atoms with Crippen LogP contribution in [0.1, 0.15) is 57.6 Å². The van der Waals surface area contributed by atoms with Crippen molar-refractivity contribution < 1.29 is 9.18 Å². The Labute approximate surface area is 178 Å². The van der Waals surface area contributed by atoms with Crippen LogP contribution in [-0.2, 0) is 4.79 Å². The lowest BCUT2D eigenvalue weighted by Crippen LogP contribution is -2.48. The Kier molecular flexibility index (Phi) is 6.26. The summed E-state index contributed by atoms with van der Waals surface area (Å²) in [7, 11) is 0. The van der Waals surface area contributed by atoms with Gasteiger partial charge in [-0.2, -0.15) is 5.26 Å². The fourth-order valence-corrected chi connectivity index (χ4v) is 4.30. The molecule has 1 atom stereocenters. The molecule has 2 aromatic carbocycles. The van der Waals surface area contributed by atoms with Gasteiger partial charge in [-0.3, -0.25) is 4.79 Å². The molecule has 5 heteroatoms. The van der Waals surface area contributed by atoms with Gasteiger partial charge in [0.25, 0.3) is 5.91 Å². The third kappa shape index (κ3) is 4.38. The summed E-state index contributed by atoms with van der Waals surface area (Å²) in [6.07, 6.45) is 3.26. The number of nitrogens with one attached hydrogen (secondary N) is 1. The van der Waals surface area contributed by atoms with Gasteiger partial charge in [0.2, 0.25) is 0 Å². The maximum atomic E-state index is 15.0. The number of carbonyl (C=O) groups excluding carboxylic acids is 1. The first-order valence-electron chi connectivity index (χ1n) is 10.4. The maximum Gasteiger partial charge on any atom is 0.266 e. The Morgan fingerprint density at radius 2 is 2.03 bits per heavy atom. The third-order valence-electron chi connectivity index (χ3n) is 5.65. The van der Waals surface area contributed by atoms with Gasteiger partial charge in [-0.15, -0.1) is 0 Å². The molecule has 1 amide bonds. The highest BCUT2D eigenvalue weighted by molar-refractivity contribution is 6.09. The molecule has 3 rings (SSSR count). The minimum atomic E-state index is -0.553. The third-order valence-corrected chi connectivity index (χ3v) is 5.65. The fraction of sp³-hybridized carbons (Fsp3) is 0.360. The standard InChI is InChI=1S/C25H28FN3O/c1-5-11-29-23-14-22(26)18(13-21(23)17(2)15-25(29,3)4)12-19(16-27)24(30)28-20-9-7-6-8-10-20/h6-10,12-14,17H,5,11,15H2,1-4H3,(H,28,30)/b19-12+. The maximum absolute atomic E-state index is 15.0. The van der Waals surface area contributed by atoms with E-state index in [2.05, 4.69) is 37.9 Å². The summed E-state index contributed by atoms with van der Waals surface area (Å²) >= 11 is 0. The van der Waals surface area contributed by atoms with E-state index in [0.717, 1.165) is 30.6 Å². The monoisotopic (exact) mass is 405 g/mol. The lowest BCUT2D eigenvalue weighted by molar-refractivity contribution is -0.112. The molecule has 1 heterocycles. The normalized spacial score (nSPS) is 17.8. The van der Waals surface area contributed by atoms with Crippen LogP contribution in [0.5, 0.6) is 0 Å². The van der Waals surface area contributed by atoms with E-state index in [9.17, 15) is 10.1 Å². The summed E-state index contributed by atoms with van der Waals surface area (Å²) in [5, 5.41) is 12.2. The van der Waals surface area contributed by atoms with Crippen molar-refractivity contribution in [3.05, 3.63) is 65.0 Å². The lowest BCUT2D eigenvalue weighted by Gasteiger charge is -2.47. The highest BCUT2D eigenvalue weighted by Gasteiger charge is 2.36. The van der Waals surface area contributed by atoms with Gasteiger partial charge in [0.05, 0.1) is 0 Å². The zero-order chi connectivity index (χ0) is 21.9. The molecular weight excluding hydrogens is 377 g/mol. The molecule has 0 saturated carbocycles. The lowest BCUT2D eigenvalue weighted by atomic mass is 9.79. The van der Waals surface area contributed by atoms with Crippen LogP contribution in [0.2, 0.25) is 0 Å². The van der Waals surface area contributed by atoms with Gasteiger partial charge in [0.1, 0.15) is 17.5 Å². The summed E-state index contributed by atoms with van der Waals surface area (Å²) in [6, 6.07) is 14.1. The average molecular weight is 406 g/mol. The number of benzene rings is 2. The SMILES string of the molecule is CCCN1c2cc(F)c(/C=C(\C#N)C(=O)Nc3ccccc3)cc2C(C)CC1(C)C. The number of nitrogens with zero attached hydrogens (tertiary/aromatic N) is 2. The number of anilines is 2. The van der Waals surface area contributed by atoms with Crippen molar-refractivity contribution in [1.29, 1.82) is 5.26 Å². The molecule has 156 valence electrons. The predicted octanol–water partition coefficient (Wildman–Crippen LogP) is 5.87. The molecule has 1 aliphatic rings. The van der Waals surface area contributed by atoms with Crippen molar-refractivity contribution in [3.63, 3.8) is 0 Å². The van der Waals surface area contributed by atoms with E-state index in [1.807, 2.05) is 12.1 Å². The van der Waals surface area contributed by atoms with Gasteiger partial charge < -0.3 is 10.2 Å². The van der Waals surface area contributed by atoms with Crippen molar-refractivity contribution >= 4 is 23.4 Å². The van der Waals surface area contributed by atoms with Gasteiger partial charge in [-0.05, 0) is 68.5 Å². The molecule has 1 N–H and O–H groups in total. The molecule has 2 aromatic rings. The Balaban J connectivity index is 1.98. The van der Waals surface area contributed by atoms with Crippen LogP contribution < -0.4 is 10.2 Å². The van der Waals surface area contributed by atoms with E-state index >= 15 is 4.39 Å². The number of amides is 1. The Bertz CT molecular complexity index is 1010. The quantitative estimate of drug-likeness (QED) is 0.500. The number of halogens is 1. The molecule has 30 heavy (non-hydrogen) atoms. The zero-order valence-corrected chi connectivity index (χ0v) is 18.0. The molecule has 0 radical (unpaired) electrons. The van der Waals surface area contributed by atoms with Gasteiger partial charge in [0.15, 0.2) is 0 Å². The second-order valence-electron chi connectivity index (χ2n) is 8.49. The van der Waals surface area contributed by atoms with Crippen LogP contribution in [-0.4, -0.2) is 18.0 Å². The molecule has 1 unspecified atom stereocenters. The summed E-state index contributed by atoms with van der Waals surface area (Å²) in [4.78, 5) is 14.8. The van der Waals surface area contributed by atoms with E-state index in [4.69, 9.17) is 0 Å². The number of hydrogen-bond acceptors (Lipinski definition) is 3. The number of carbonyl (C=O) groups is 1. The molecule has 1 aliphatic heterocycles.